The molecule has 0 aromatic carbocycles. The van der Waals surface area contributed by atoms with Gasteiger partial charge in [0.1, 0.15) is 5.82 Å². The highest BCUT2D eigenvalue weighted by atomic mass is 15.0. The molecule has 0 saturated heterocycles. The maximum absolute atomic E-state index is 7.93. The summed E-state index contributed by atoms with van der Waals surface area (Å²) in [5.41, 5.74) is 1.59. The molecule has 1 rings (SSSR count). The third kappa shape index (κ3) is 3.35. The number of nitrogens with zero attached hydrogens (tertiary/aromatic N) is 1. The standard InChI is InChI=1S/C12H19N3/c1-4-6-11(13)10-7-5-8-14-12(10)15-9(2)3/h5,7-9,13H,4,6H2,1-3H3,(H,14,15). The summed E-state index contributed by atoms with van der Waals surface area (Å²) in [7, 11) is 0. The van der Waals surface area contributed by atoms with Gasteiger partial charge >= 0.3 is 0 Å². The van der Waals surface area contributed by atoms with Crippen LogP contribution in [0.15, 0.2) is 18.3 Å². The Bertz CT molecular complexity index is 331. The summed E-state index contributed by atoms with van der Waals surface area (Å²) in [4.78, 5) is 4.27. The summed E-state index contributed by atoms with van der Waals surface area (Å²) < 4.78 is 0. The van der Waals surface area contributed by atoms with E-state index in [2.05, 4.69) is 31.1 Å². The van der Waals surface area contributed by atoms with Crippen LogP contribution in [-0.2, 0) is 0 Å². The van der Waals surface area contributed by atoms with Crippen LogP contribution < -0.4 is 5.32 Å². The summed E-state index contributed by atoms with van der Waals surface area (Å²) in [5, 5.41) is 11.2. The van der Waals surface area contributed by atoms with Crippen LogP contribution in [0.2, 0.25) is 0 Å². The van der Waals surface area contributed by atoms with Crippen LogP contribution in [-0.4, -0.2) is 16.7 Å². The highest BCUT2D eigenvalue weighted by Crippen LogP contribution is 2.15. The molecule has 0 fully saturated rings. The van der Waals surface area contributed by atoms with E-state index in [0.29, 0.717) is 11.8 Å². The van der Waals surface area contributed by atoms with Gasteiger partial charge in [0, 0.05) is 23.5 Å². The fourth-order valence-corrected chi connectivity index (χ4v) is 1.42. The minimum Gasteiger partial charge on any atom is -0.367 e. The van der Waals surface area contributed by atoms with Gasteiger partial charge in [-0.1, -0.05) is 13.3 Å². The van der Waals surface area contributed by atoms with Crippen LogP contribution in [0, 0.1) is 5.41 Å². The molecule has 1 aromatic rings. The predicted molar refractivity (Wildman–Crippen MR) is 64.7 cm³/mol. The SMILES string of the molecule is CCCC(=N)c1cccnc1NC(C)C. The molecule has 3 heteroatoms. The lowest BCUT2D eigenvalue weighted by Gasteiger charge is -2.13. The van der Waals surface area contributed by atoms with Crippen molar-refractivity contribution in [1.82, 2.24) is 4.98 Å². The molecular weight excluding hydrogens is 186 g/mol. The molecule has 0 atom stereocenters. The first-order chi connectivity index (χ1) is 7.15. The van der Waals surface area contributed by atoms with Crippen molar-refractivity contribution in [2.24, 2.45) is 0 Å². The first-order valence-corrected chi connectivity index (χ1v) is 5.44. The number of hydrogen-bond donors (Lipinski definition) is 2. The highest BCUT2D eigenvalue weighted by Gasteiger charge is 2.08. The first-order valence-electron chi connectivity index (χ1n) is 5.44. The summed E-state index contributed by atoms with van der Waals surface area (Å²) in [6.07, 6.45) is 3.56. The number of anilines is 1. The highest BCUT2D eigenvalue weighted by molar-refractivity contribution is 6.02. The minimum absolute atomic E-state index is 0.341. The lowest BCUT2D eigenvalue weighted by Crippen LogP contribution is -2.14. The van der Waals surface area contributed by atoms with E-state index in [0.717, 1.165) is 24.2 Å². The molecule has 0 radical (unpaired) electrons. The predicted octanol–water partition coefficient (Wildman–Crippen LogP) is 3.07. The van der Waals surface area contributed by atoms with Crippen molar-refractivity contribution in [2.75, 3.05) is 5.32 Å². The Balaban J connectivity index is 2.90. The van der Waals surface area contributed by atoms with Crippen molar-refractivity contribution in [1.29, 1.82) is 5.41 Å². The second kappa shape index (κ2) is 5.49. The van der Waals surface area contributed by atoms with E-state index < -0.39 is 0 Å². The topological polar surface area (TPSA) is 48.8 Å². The third-order valence-corrected chi connectivity index (χ3v) is 2.06. The fraction of sp³-hybridized carbons (Fsp3) is 0.500. The molecule has 0 aliphatic carbocycles. The molecule has 0 unspecified atom stereocenters. The van der Waals surface area contributed by atoms with Gasteiger partial charge in [0.2, 0.25) is 0 Å². The minimum atomic E-state index is 0.341. The van der Waals surface area contributed by atoms with Gasteiger partial charge in [0.25, 0.3) is 0 Å². The van der Waals surface area contributed by atoms with Crippen molar-refractivity contribution in [3.63, 3.8) is 0 Å². The van der Waals surface area contributed by atoms with Gasteiger partial charge in [-0.15, -0.1) is 0 Å². The Morgan fingerprint density at radius 2 is 2.27 bits per heavy atom. The van der Waals surface area contributed by atoms with E-state index in [4.69, 9.17) is 5.41 Å². The third-order valence-electron chi connectivity index (χ3n) is 2.06. The van der Waals surface area contributed by atoms with Crippen molar-refractivity contribution in [3.05, 3.63) is 23.9 Å². The smallest absolute Gasteiger partial charge is 0.135 e. The normalized spacial score (nSPS) is 10.4. The largest absolute Gasteiger partial charge is 0.367 e. The maximum Gasteiger partial charge on any atom is 0.135 e. The Morgan fingerprint density at radius 1 is 1.53 bits per heavy atom. The molecular formula is C12H19N3. The lowest BCUT2D eigenvalue weighted by atomic mass is 10.1. The Morgan fingerprint density at radius 3 is 2.87 bits per heavy atom. The Labute approximate surface area is 91.4 Å². The molecule has 0 spiro atoms. The van der Waals surface area contributed by atoms with Crippen LogP contribution in [0.4, 0.5) is 5.82 Å². The molecule has 3 nitrogen and oxygen atoms in total. The second-order valence-corrected chi connectivity index (χ2v) is 3.93. The van der Waals surface area contributed by atoms with E-state index in [-0.39, 0.29) is 0 Å². The van der Waals surface area contributed by atoms with Crippen molar-refractivity contribution in [2.45, 2.75) is 39.7 Å². The number of aromatic nitrogens is 1. The quantitative estimate of drug-likeness (QED) is 0.726. The zero-order valence-electron chi connectivity index (χ0n) is 9.67. The molecule has 0 aliphatic heterocycles. The van der Waals surface area contributed by atoms with Gasteiger partial charge in [0.05, 0.1) is 0 Å². The lowest BCUT2D eigenvalue weighted by molar-refractivity contribution is 0.887. The van der Waals surface area contributed by atoms with Crippen LogP contribution in [0.25, 0.3) is 0 Å². The summed E-state index contributed by atoms with van der Waals surface area (Å²) >= 11 is 0. The molecule has 0 saturated carbocycles. The summed E-state index contributed by atoms with van der Waals surface area (Å²) in [5.74, 6) is 0.825. The van der Waals surface area contributed by atoms with Gasteiger partial charge in [0.15, 0.2) is 0 Å². The molecule has 0 aliphatic rings. The molecule has 0 amide bonds. The van der Waals surface area contributed by atoms with Gasteiger partial charge < -0.3 is 10.7 Å². The Kier molecular flexibility index (Phi) is 4.28. The van der Waals surface area contributed by atoms with E-state index in [1.165, 1.54) is 0 Å². The molecule has 0 bridgehead atoms. The molecule has 1 aromatic heterocycles. The zero-order chi connectivity index (χ0) is 11.3. The summed E-state index contributed by atoms with van der Waals surface area (Å²) in [6, 6.07) is 4.17. The zero-order valence-corrected chi connectivity index (χ0v) is 9.67. The number of pyridine rings is 1. The average molecular weight is 205 g/mol. The van der Waals surface area contributed by atoms with Gasteiger partial charge in [-0.25, -0.2) is 4.98 Å². The van der Waals surface area contributed by atoms with Crippen molar-refractivity contribution < 1.29 is 0 Å². The molecule has 2 N–H and O–H groups in total. The average Bonchev–Trinajstić information content (AvgIpc) is 2.18. The monoisotopic (exact) mass is 205 g/mol. The Hall–Kier alpha value is -1.38. The second-order valence-electron chi connectivity index (χ2n) is 3.93. The van der Waals surface area contributed by atoms with E-state index in [1.54, 1.807) is 6.20 Å². The molecule has 1 heterocycles. The molecule has 15 heavy (non-hydrogen) atoms. The number of hydrogen-bond acceptors (Lipinski definition) is 3. The van der Waals surface area contributed by atoms with Crippen molar-refractivity contribution >= 4 is 11.5 Å². The van der Waals surface area contributed by atoms with Crippen LogP contribution in [0.3, 0.4) is 0 Å². The first kappa shape index (κ1) is 11.7. The van der Waals surface area contributed by atoms with E-state index >= 15 is 0 Å². The van der Waals surface area contributed by atoms with E-state index in [1.807, 2.05) is 12.1 Å². The van der Waals surface area contributed by atoms with Crippen LogP contribution >= 0.6 is 0 Å². The fourth-order valence-electron chi connectivity index (χ4n) is 1.42. The van der Waals surface area contributed by atoms with Crippen molar-refractivity contribution in [3.8, 4) is 0 Å². The molecule has 82 valence electrons. The summed E-state index contributed by atoms with van der Waals surface area (Å²) in [6.45, 7) is 6.23. The van der Waals surface area contributed by atoms with Gasteiger partial charge in [-0.3, -0.25) is 0 Å². The van der Waals surface area contributed by atoms with Crippen LogP contribution in [0.1, 0.15) is 39.2 Å². The van der Waals surface area contributed by atoms with Gasteiger partial charge in [-0.05, 0) is 32.4 Å². The van der Waals surface area contributed by atoms with E-state index in [9.17, 15) is 0 Å². The number of rotatable bonds is 5. The number of nitrogens with one attached hydrogen (secondary N) is 2. The maximum atomic E-state index is 7.93. The van der Waals surface area contributed by atoms with Gasteiger partial charge in [-0.2, -0.15) is 0 Å². The van der Waals surface area contributed by atoms with Crippen LogP contribution in [0.5, 0.6) is 0 Å².